The van der Waals surface area contributed by atoms with Crippen LogP contribution in [0.1, 0.15) is 25.7 Å². The van der Waals surface area contributed by atoms with Crippen LogP contribution < -0.4 is 4.90 Å². The number of anilines is 1. The first kappa shape index (κ1) is 13.3. The summed E-state index contributed by atoms with van der Waals surface area (Å²) in [4.78, 5) is 28.0. The summed E-state index contributed by atoms with van der Waals surface area (Å²) >= 11 is 0. The number of para-hydroxylation sites is 1. The highest BCUT2D eigenvalue weighted by molar-refractivity contribution is 6.23. The lowest BCUT2D eigenvalue weighted by Gasteiger charge is -2.44. The smallest absolute Gasteiger partial charge is 0.238 e. The molecule has 0 unspecified atom stereocenters. The van der Waals surface area contributed by atoms with E-state index in [9.17, 15) is 9.59 Å². The molecule has 3 nitrogen and oxygen atoms in total. The predicted octanol–water partition coefficient (Wildman–Crippen LogP) is 3.41. The summed E-state index contributed by atoms with van der Waals surface area (Å²) < 4.78 is 0. The average molecular weight is 331 g/mol. The predicted molar refractivity (Wildman–Crippen MR) is 92.3 cm³/mol. The van der Waals surface area contributed by atoms with Crippen molar-refractivity contribution in [2.75, 3.05) is 4.90 Å². The molecule has 3 heteroatoms. The molecule has 3 saturated carbocycles. The van der Waals surface area contributed by atoms with Crippen LogP contribution >= 0.6 is 0 Å². The van der Waals surface area contributed by atoms with Gasteiger partial charge < -0.3 is 0 Å². The fourth-order valence-corrected chi connectivity index (χ4v) is 7.72. The van der Waals surface area contributed by atoms with Crippen molar-refractivity contribution in [1.29, 1.82) is 0 Å². The highest BCUT2D eigenvalue weighted by atomic mass is 16.2. The Kier molecular flexibility index (Phi) is 2.18. The van der Waals surface area contributed by atoms with Gasteiger partial charge in [0.2, 0.25) is 11.8 Å². The Morgan fingerprint density at radius 2 is 1.28 bits per heavy atom. The zero-order chi connectivity index (χ0) is 16.4. The maximum Gasteiger partial charge on any atom is 0.238 e. The van der Waals surface area contributed by atoms with Crippen molar-refractivity contribution in [3.05, 3.63) is 41.5 Å². The van der Waals surface area contributed by atoms with Crippen molar-refractivity contribution in [2.24, 2.45) is 47.3 Å². The Balaban J connectivity index is 1.34. The van der Waals surface area contributed by atoms with E-state index < -0.39 is 0 Å². The quantitative estimate of drug-likeness (QED) is 0.584. The standard InChI is InChI=1S/C22H21NO2/c24-21-19-15-9-16(18-12-7-6-11(17(15)18)13-8-14(12)13)20(19)22(25)23(21)10-4-2-1-3-5-10/h1-5,11-16,19-20H,6-9H2/t11-,12-,13-,14+,15-,16-,19-,20+/m0/s1. The van der Waals surface area contributed by atoms with Gasteiger partial charge in [0.05, 0.1) is 17.5 Å². The van der Waals surface area contributed by atoms with Crippen LogP contribution in [0.4, 0.5) is 5.69 Å². The molecule has 1 aromatic carbocycles. The van der Waals surface area contributed by atoms with Crippen LogP contribution in [0.3, 0.4) is 0 Å². The molecule has 0 spiro atoms. The highest BCUT2D eigenvalue weighted by Crippen LogP contribution is 2.73. The minimum absolute atomic E-state index is 0.0620. The van der Waals surface area contributed by atoms with E-state index >= 15 is 0 Å². The third-order valence-corrected chi connectivity index (χ3v) is 8.43. The van der Waals surface area contributed by atoms with E-state index in [1.54, 1.807) is 11.1 Å². The second-order valence-corrected chi connectivity index (χ2v) is 9.11. The molecule has 1 aromatic rings. The molecule has 1 saturated heterocycles. The Morgan fingerprint density at radius 3 is 1.84 bits per heavy atom. The Morgan fingerprint density at radius 1 is 0.720 bits per heavy atom. The molecule has 2 amide bonds. The van der Waals surface area contributed by atoms with Crippen molar-refractivity contribution < 1.29 is 9.59 Å². The zero-order valence-corrected chi connectivity index (χ0v) is 14.1. The maximum absolute atomic E-state index is 13.2. The van der Waals surface area contributed by atoms with Crippen molar-refractivity contribution in [3.8, 4) is 0 Å². The second kappa shape index (κ2) is 4.08. The third-order valence-electron chi connectivity index (χ3n) is 8.43. The number of amides is 2. The number of benzene rings is 1. The number of nitrogens with zero attached hydrogens (tertiary/aromatic N) is 1. The van der Waals surface area contributed by atoms with Crippen molar-refractivity contribution in [3.63, 3.8) is 0 Å². The Hall–Kier alpha value is -1.90. The van der Waals surface area contributed by atoms with Gasteiger partial charge in [0, 0.05) is 0 Å². The number of hydrogen-bond donors (Lipinski definition) is 0. The van der Waals surface area contributed by atoms with Gasteiger partial charge in [-0.05, 0) is 73.3 Å². The second-order valence-electron chi connectivity index (χ2n) is 9.11. The number of fused-ring (bicyclic) bond motifs is 6. The summed E-state index contributed by atoms with van der Waals surface area (Å²) in [5.41, 5.74) is 4.12. The van der Waals surface area contributed by atoms with Crippen LogP contribution in [0.15, 0.2) is 41.5 Å². The van der Waals surface area contributed by atoms with E-state index in [1.165, 1.54) is 24.2 Å². The summed E-state index contributed by atoms with van der Waals surface area (Å²) in [5.74, 6) is 4.16. The van der Waals surface area contributed by atoms with Gasteiger partial charge in [-0.1, -0.05) is 29.3 Å². The molecule has 1 heterocycles. The number of rotatable bonds is 1. The van der Waals surface area contributed by atoms with Gasteiger partial charge in [0.15, 0.2) is 0 Å². The highest BCUT2D eigenvalue weighted by Gasteiger charge is 2.70. The molecule has 25 heavy (non-hydrogen) atoms. The molecule has 7 aliphatic rings. The first-order chi connectivity index (χ1) is 12.3. The van der Waals surface area contributed by atoms with Gasteiger partial charge in [-0.15, -0.1) is 0 Å². The minimum Gasteiger partial charge on any atom is -0.274 e. The van der Waals surface area contributed by atoms with E-state index in [0.29, 0.717) is 11.8 Å². The molecular weight excluding hydrogens is 310 g/mol. The van der Waals surface area contributed by atoms with E-state index in [4.69, 9.17) is 0 Å². The van der Waals surface area contributed by atoms with Crippen LogP contribution in [0.5, 0.6) is 0 Å². The van der Waals surface area contributed by atoms with Crippen molar-refractivity contribution >= 4 is 17.5 Å². The number of carbonyl (C=O) groups is 2. The normalized spacial score (nSPS) is 48.1. The summed E-state index contributed by atoms with van der Waals surface area (Å²) in [5, 5.41) is 0. The fourth-order valence-electron chi connectivity index (χ4n) is 7.72. The molecule has 8 rings (SSSR count). The Labute approximate surface area is 147 Å². The van der Waals surface area contributed by atoms with Crippen LogP contribution in [0.25, 0.3) is 0 Å². The van der Waals surface area contributed by atoms with Crippen LogP contribution in [-0.2, 0) is 9.59 Å². The minimum atomic E-state index is -0.0620. The van der Waals surface area contributed by atoms with E-state index in [2.05, 4.69) is 0 Å². The van der Waals surface area contributed by atoms with Gasteiger partial charge in [-0.25, -0.2) is 0 Å². The third kappa shape index (κ3) is 1.36. The van der Waals surface area contributed by atoms with E-state index in [1.807, 2.05) is 30.3 Å². The lowest BCUT2D eigenvalue weighted by molar-refractivity contribution is -0.123. The lowest BCUT2D eigenvalue weighted by Crippen LogP contribution is -2.38. The number of carbonyl (C=O) groups excluding carboxylic acids is 2. The molecule has 126 valence electrons. The van der Waals surface area contributed by atoms with Crippen LogP contribution in [0.2, 0.25) is 0 Å². The van der Waals surface area contributed by atoms with E-state index in [-0.39, 0.29) is 23.7 Å². The molecule has 6 aliphatic carbocycles. The van der Waals surface area contributed by atoms with Gasteiger partial charge in [-0.2, -0.15) is 0 Å². The largest absolute Gasteiger partial charge is 0.274 e. The molecule has 4 bridgehead atoms. The monoisotopic (exact) mass is 331 g/mol. The van der Waals surface area contributed by atoms with Gasteiger partial charge in [-0.3, -0.25) is 14.5 Å². The molecule has 0 N–H and O–H groups in total. The first-order valence-electron chi connectivity index (χ1n) is 9.92. The van der Waals surface area contributed by atoms with E-state index in [0.717, 1.165) is 35.8 Å². The van der Waals surface area contributed by atoms with Crippen molar-refractivity contribution in [1.82, 2.24) is 0 Å². The average Bonchev–Trinajstić information content (AvgIpc) is 3.17. The number of allylic oxidation sites excluding steroid dienone is 2. The summed E-state index contributed by atoms with van der Waals surface area (Å²) in [6.07, 6.45) is 5.19. The van der Waals surface area contributed by atoms with Crippen LogP contribution in [-0.4, -0.2) is 11.8 Å². The molecule has 8 atom stereocenters. The zero-order valence-electron chi connectivity index (χ0n) is 14.1. The summed E-state index contributed by atoms with van der Waals surface area (Å²) in [6, 6.07) is 9.55. The molecule has 1 aliphatic heterocycles. The molecule has 4 fully saturated rings. The number of imide groups is 1. The van der Waals surface area contributed by atoms with Gasteiger partial charge in [0.25, 0.3) is 0 Å². The fraction of sp³-hybridized carbons (Fsp3) is 0.545. The maximum atomic E-state index is 13.2. The summed E-state index contributed by atoms with van der Waals surface area (Å²) in [6.45, 7) is 0. The molecule has 0 aromatic heterocycles. The van der Waals surface area contributed by atoms with Gasteiger partial charge in [0.1, 0.15) is 0 Å². The van der Waals surface area contributed by atoms with Crippen molar-refractivity contribution in [2.45, 2.75) is 25.7 Å². The van der Waals surface area contributed by atoms with Crippen LogP contribution in [0, 0.1) is 47.3 Å². The molecule has 0 radical (unpaired) electrons. The Bertz CT molecular complexity index is 821. The number of hydrogen-bond acceptors (Lipinski definition) is 2. The first-order valence-corrected chi connectivity index (χ1v) is 9.92. The lowest BCUT2D eigenvalue weighted by atomic mass is 9.60. The van der Waals surface area contributed by atoms with Gasteiger partial charge >= 0.3 is 0 Å². The molecular formula is C22H21NO2. The summed E-state index contributed by atoms with van der Waals surface area (Å²) in [7, 11) is 0. The topological polar surface area (TPSA) is 37.4 Å². The SMILES string of the molecule is O=C1[C@@H]2[C@H](C(=O)N1c1ccccc1)[C@H]1C[C@H]2C2=C1[C@H]1CC[C@H]2[C@@H]2C[C@@H]21.